The van der Waals surface area contributed by atoms with Crippen LogP contribution in [0.15, 0.2) is 12.3 Å². The summed E-state index contributed by atoms with van der Waals surface area (Å²) >= 11 is 0. The largest absolute Gasteiger partial charge is 0.411 e. The Balaban J connectivity index is 0.000000845. The van der Waals surface area contributed by atoms with E-state index >= 15 is 0 Å². The Bertz CT molecular complexity index is 259. The van der Waals surface area contributed by atoms with Crippen molar-refractivity contribution in [2.24, 2.45) is 0 Å². The molecule has 13 heavy (non-hydrogen) atoms. The third-order valence-corrected chi connectivity index (χ3v) is 2.50. The maximum atomic E-state index is 4.35. The Morgan fingerprint density at radius 1 is 1.62 bits per heavy atom. The molecular formula is C10H13HoN2-. The van der Waals surface area contributed by atoms with Gasteiger partial charge in [-0.25, -0.2) is 0 Å². The zero-order valence-corrected chi connectivity index (χ0v) is 9.78. The van der Waals surface area contributed by atoms with Crippen LogP contribution in [0.25, 0.3) is 0 Å². The second kappa shape index (κ2) is 4.63. The van der Waals surface area contributed by atoms with Crippen molar-refractivity contribution in [2.75, 3.05) is 18.5 Å². The predicted molar refractivity (Wildman–Crippen MR) is 49.4 cm³/mol. The summed E-state index contributed by atoms with van der Waals surface area (Å²) in [5.74, 6) is 1.72. The molecule has 1 aromatic heterocycles. The van der Waals surface area contributed by atoms with Crippen LogP contribution in [-0.2, 0) is 0 Å². The summed E-state index contributed by atoms with van der Waals surface area (Å²) in [6.45, 7) is 3.35. The van der Waals surface area contributed by atoms with Crippen LogP contribution < -0.4 is 4.90 Å². The smallest absolute Gasteiger partial charge is 0.0173 e. The fraction of sp³-hybridized carbons (Fsp3) is 0.500. The zero-order chi connectivity index (χ0) is 8.55. The first-order valence-corrected chi connectivity index (χ1v) is 4.37. The standard InChI is InChI=1S/C10H13N2.Ho/c1-8-5-7-12(2)10-9(8)4-3-6-11-10;/h3,6,8H,5,7H2,1-2H3;/q-1;. The van der Waals surface area contributed by atoms with E-state index in [1.54, 1.807) is 0 Å². The van der Waals surface area contributed by atoms with Crippen LogP contribution in [0.5, 0.6) is 0 Å². The van der Waals surface area contributed by atoms with Crippen molar-refractivity contribution in [1.29, 1.82) is 0 Å². The van der Waals surface area contributed by atoms with Crippen LogP contribution in [0.3, 0.4) is 0 Å². The van der Waals surface area contributed by atoms with Crippen molar-refractivity contribution in [1.82, 2.24) is 4.98 Å². The molecule has 0 N–H and O–H groups in total. The Morgan fingerprint density at radius 3 is 3.08 bits per heavy atom. The molecule has 1 radical (unpaired) electrons. The fourth-order valence-corrected chi connectivity index (χ4v) is 1.67. The van der Waals surface area contributed by atoms with Crippen LogP contribution in [-0.4, -0.2) is 18.6 Å². The number of fused-ring (bicyclic) bond motifs is 1. The van der Waals surface area contributed by atoms with Crippen molar-refractivity contribution in [3.8, 4) is 0 Å². The number of pyridine rings is 1. The van der Waals surface area contributed by atoms with Crippen LogP contribution in [0, 0.1) is 43.8 Å². The molecule has 1 unspecified atom stereocenters. The third-order valence-electron chi connectivity index (χ3n) is 2.50. The van der Waals surface area contributed by atoms with Crippen LogP contribution >= 0.6 is 0 Å². The van der Waals surface area contributed by atoms with Crippen molar-refractivity contribution < 1.29 is 37.7 Å². The van der Waals surface area contributed by atoms with Crippen LogP contribution in [0.2, 0.25) is 0 Å². The van der Waals surface area contributed by atoms with Crippen molar-refractivity contribution in [3.05, 3.63) is 23.9 Å². The summed E-state index contributed by atoms with van der Waals surface area (Å²) in [5.41, 5.74) is 1.27. The van der Waals surface area contributed by atoms with Gasteiger partial charge in [-0.05, 0) is 19.4 Å². The minimum Gasteiger partial charge on any atom is -0.411 e. The summed E-state index contributed by atoms with van der Waals surface area (Å²) < 4.78 is 0. The Morgan fingerprint density at radius 2 is 2.38 bits per heavy atom. The summed E-state index contributed by atoms with van der Waals surface area (Å²) in [7, 11) is 2.09. The van der Waals surface area contributed by atoms with E-state index in [2.05, 4.69) is 29.9 Å². The van der Waals surface area contributed by atoms with E-state index in [0.29, 0.717) is 5.92 Å². The number of hydrogen-bond donors (Lipinski definition) is 0. The second-order valence-corrected chi connectivity index (χ2v) is 3.44. The molecule has 2 rings (SSSR count). The molecule has 0 amide bonds. The van der Waals surface area contributed by atoms with Crippen LogP contribution in [0.4, 0.5) is 5.82 Å². The SMILES string of the molecule is CC1CCN(C)c2ncc[c-]c21.[Ho]. The van der Waals surface area contributed by atoms with Gasteiger partial charge in [-0.3, -0.25) is 0 Å². The number of nitrogens with zero attached hydrogens (tertiary/aromatic N) is 2. The number of rotatable bonds is 0. The monoisotopic (exact) mass is 326 g/mol. The van der Waals surface area contributed by atoms with E-state index in [1.807, 2.05) is 12.3 Å². The average Bonchev–Trinajstić information content (AvgIpc) is 2.12. The van der Waals surface area contributed by atoms with E-state index in [9.17, 15) is 0 Å². The van der Waals surface area contributed by atoms with E-state index in [0.717, 1.165) is 12.4 Å². The molecule has 0 fully saturated rings. The van der Waals surface area contributed by atoms with E-state index in [4.69, 9.17) is 0 Å². The molecule has 1 atom stereocenters. The van der Waals surface area contributed by atoms with Gasteiger partial charge in [0.1, 0.15) is 0 Å². The van der Waals surface area contributed by atoms with E-state index in [1.165, 1.54) is 12.0 Å². The molecule has 0 spiro atoms. The quantitative estimate of drug-likeness (QED) is 0.534. The van der Waals surface area contributed by atoms with Crippen molar-refractivity contribution >= 4 is 5.82 Å². The molecule has 1 aliphatic heterocycles. The molecule has 0 aliphatic carbocycles. The van der Waals surface area contributed by atoms with E-state index < -0.39 is 0 Å². The maximum Gasteiger partial charge on any atom is 0.0173 e. The summed E-state index contributed by atoms with van der Waals surface area (Å²) in [6, 6.07) is 5.16. The summed E-state index contributed by atoms with van der Waals surface area (Å²) in [4.78, 5) is 6.55. The molecule has 0 saturated carbocycles. The van der Waals surface area contributed by atoms with Gasteiger partial charge in [0.2, 0.25) is 0 Å². The van der Waals surface area contributed by atoms with Gasteiger partial charge >= 0.3 is 0 Å². The van der Waals surface area contributed by atoms with Gasteiger partial charge in [0.25, 0.3) is 0 Å². The van der Waals surface area contributed by atoms with Crippen LogP contribution in [0.1, 0.15) is 24.8 Å². The molecule has 1 aliphatic rings. The Kier molecular flexibility index (Phi) is 4.02. The predicted octanol–water partition coefficient (Wildman–Crippen LogP) is 1.83. The molecule has 3 heteroatoms. The Labute approximate surface area is 109 Å². The molecule has 2 nitrogen and oxygen atoms in total. The first-order chi connectivity index (χ1) is 5.79. The Hall–Kier alpha value is 0.210. The zero-order valence-electron chi connectivity index (χ0n) is 7.84. The normalized spacial score (nSPS) is 20.5. The molecule has 1 aromatic rings. The van der Waals surface area contributed by atoms with E-state index in [-0.39, 0.29) is 37.7 Å². The summed E-state index contributed by atoms with van der Waals surface area (Å²) in [6.07, 6.45) is 3.03. The average molecular weight is 326 g/mol. The van der Waals surface area contributed by atoms with Gasteiger partial charge < -0.3 is 9.88 Å². The molecular weight excluding hydrogens is 313 g/mol. The van der Waals surface area contributed by atoms with Gasteiger partial charge in [0.15, 0.2) is 0 Å². The van der Waals surface area contributed by atoms with Crippen molar-refractivity contribution in [3.63, 3.8) is 0 Å². The summed E-state index contributed by atoms with van der Waals surface area (Å²) in [5, 5.41) is 0. The van der Waals surface area contributed by atoms with Gasteiger partial charge in [-0.2, -0.15) is 12.1 Å². The second-order valence-electron chi connectivity index (χ2n) is 3.44. The van der Waals surface area contributed by atoms with Gasteiger partial charge in [-0.1, -0.05) is 13.1 Å². The minimum atomic E-state index is 0. The minimum absolute atomic E-state index is 0. The maximum absolute atomic E-state index is 4.35. The molecule has 0 aromatic carbocycles. The molecule has 2 heterocycles. The molecule has 75 valence electrons. The number of aromatic nitrogens is 1. The molecule has 0 bridgehead atoms. The molecule has 0 saturated heterocycles. The fourth-order valence-electron chi connectivity index (χ4n) is 1.67. The van der Waals surface area contributed by atoms with Crippen molar-refractivity contribution in [2.45, 2.75) is 19.3 Å². The first kappa shape index (κ1) is 11.3. The van der Waals surface area contributed by atoms with Gasteiger partial charge in [-0.15, -0.1) is 5.56 Å². The topological polar surface area (TPSA) is 16.1 Å². The van der Waals surface area contributed by atoms with Gasteiger partial charge in [0.05, 0.1) is 0 Å². The number of anilines is 1. The number of hydrogen-bond acceptors (Lipinski definition) is 2. The third kappa shape index (κ3) is 2.17. The first-order valence-electron chi connectivity index (χ1n) is 4.37. The van der Waals surface area contributed by atoms with Gasteiger partial charge in [0, 0.05) is 50.1 Å².